The number of amides is 1. The van der Waals surface area contributed by atoms with Gasteiger partial charge in [0.25, 0.3) is 0 Å². The molecule has 1 amide bonds. The molecule has 0 aliphatic heterocycles. The molecule has 3 nitrogen and oxygen atoms in total. The summed E-state index contributed by atoms with van der Waals surface area (Å²) in [6.07, 6.45) is 0.313. The molecule has 3 heteroatoms. The smallest absolute Gasteiger partial charge is 0.217 e. The molecule has 1 aromatic rings. The maximum absolute atomic E-state index is 11.3. The summed E-state index contributed by atoms with van der Waals surface area (Å²) >= 11 is 0. The van der Waals surface area contributed by atoms with Crippen molar-refractivity contribution < 1.29 is 9.59 Å². The predicted molar refractivity (Wildman–Crippen MR) is 49.2 cm³/mol. The van der Waals surface area contributed by atoms with Crippen molar-refractivity contribution in [3.05, 3.63) is 35.9 Å². The summed E-state index contributed by atoms with van der Waals surface area (Å²) in [7, 11) is 0. The third-order valence-corrected chi connectivity index (χ3v) is 1.69. The first-order chi connectivity index (χ1) is 6.20. The van der Waals surface area contributed by atoms with Crippen molar-refractivity contribution in [1.29, 1.82) is 0 Å². The Morgan fingerprint density at radius 3 is 2.23 bits per heavy atom. The molecule has 0 saturated heterocycles. The van der Waals surface area contributed by atoms with E-state index in [9.17, 15) is 9.59 Å². The first-order valence-electron chi connectivity index (χ1n) is 4.06. The van der Waals surface area contributed by atoms with Crippen LogP contribution in [-0.2, 0) is 4.79 Å². The van der Waals surface area contributed by atoms with E-state index < -0.39 is 5.91 Å². The van der Waals surface area contributed by atoms with Crippen LogP contribution in [0.4, 0.5) is 0 Å². The van der Waals surface area contributed by atoms with Gasteiger partial charge in [0, 0.05) is 18.4 Å². The average Bonchev–Trinajstić information content (AvgIpc) is 2.15. The van der Waals surface area contributed by atoms with E-state index in [2.05, 4.69) is 0 Å². The van der Waals surface area contributed by atoms with Crippen molar-refractivity contribution in [2.75, 3.05) is 0 Å². The van der Waals surface area contributed by atoms with Crippen LogP contribution in [0, 0.1) is 0 Å². The molecule has 1 rings (SSSR count). The number of ketones is 1. The third-order valence-electron chi connectivity index (χ3n) is 1.69. The van der Waals surface area contributed by atoms with Crippen molar-refractivity contribution in [3.63, 3.8) is 0 Å². The molecule has 13 heavy (non-hydrogen) atoms. The lowest BCUT2D eigenvalue weighted by Crippen LogP contribution is -2.12. The minimum atomic E-state index is -0.440. The lowest BCUT2D eigenvalue weighted by molar-refractivity contribution is -0.117. The molecule has 0 fully saturated rings. The molecule has 0 aliphatic rings. The normalized spacial score (nSPS) is 9.54. The van der Waals surface area contributed by atoms with Crippen LogP contribution in [0.2, 0.25) is 0 Å². The lowest BCUT2D eigenvalue weighted by atomic mass is 10.1. The van der Waals surface area contributed by atoms with Crippen molar-refractivity contribution in [2.45, 2.75) is 12.8 Å². The van der Waals surface area contributed by atoms with Gasteiger partial charge in [-0.25, -0.2) is 0 Å². The number of carbonyl (C=O) groups excluding carboxylic acids is 2. The number of hydrogen-bond donors (Lipinski definition) is 1. The summed E-state index contributed by atoms with van der Waals surface area (Å²) in [5.74, 6) is -0.483. The van der Waals surface area contributed by atoms with Gasteiger partial charge in [0.1, 0.15) is 0 Å². The van der Waals surface area contributed by atoms with Gasteiger partial charge in [0.05, 0.1) is 0 Å². The van der Waals surface area contributed by atoms with E-state index >= 15 is 0 Å². The molecule has 0 heterocycles. The quantitative estimate of drug-likeness (QED) is 0.701. The molecule has 0 radical (unpaired) electrons. The Labute approximate surface area is 76.6 Å². The van der Waals surface area contributed by atoms with Gasteiger partial charge in [0.2, 0.25) is 5.91 Å². The van der Waals surface area contributed by atoms with E-state index in [-0.39, 0.29) is 18.6 Å². The fraction of sp³-hybridized carbons (Fsp3) is 0.200. The first kappa shape index (κ1) is 9.45. The van der Waals surface area contributed by atoms with E-state index in [1.807, 2.05) is 6.07 Å². The molecule has 0 aromatic heterocycles. The maximum atomic E-state index is 11.3. The second-order valence-electron chi connectivity index (χ2n) is 2.76. The zero-order chi connectivity index (χ0) is 9.68. The SMILES string of the molecule is NC(=O)CCC(=O)c1ccccc1. The van der Waals surface area contributed by atoms with Crippen LogP contribution in [0.15, 0.2) is 30.3 Å². The highest BCUT2D eigenvalue weighted by Gasteiger charge is 2.05. The van der Waals surface area contributed by atoms with E-state index in [0.29, 0.717) is 5.56 Å². The maximum Gasteiger partial charge on any atom is 0.217 e. The van der Waals surface area contributed by atoms with E-state index in [1.165, 1.54) is 0 Å². The van der Waals surface area contributed by atoms with Gasteiger partial charge in [-0.15, -0.1) is 0 Å². The largest absolute Gasteiger partial charge is 0.370 e. The Kier molecular flexibility index (Phi) is 3.20. The van der Waals surface area contributed by atoms with Crippen molar-refractivity contribution >= 4 is 11.7 Å². The van der Waals surface area contributed by atoms with Gasteiger partial charge >= 0.3 is 0 Å². The Bertz CT molecular complexity index is 306. The molecule has 0 saturated carbocycles. The van der Waals surface area contributed by atoms with Crippen LogP contribution in [-0.4, -0.2) is 11.7 Å². The van der Waals surface area contributed by atoms with E-state index in [4.69, 9.17) is 5.73 Å². The summed E-state index contributed by atoms with van der Waals surface area (Å²) in [5, 5.41) is 0. The van der Waals surface area contributed by atoms with Gasteiger partial charge in [-0.3, -0.25) is 9.59 Å². The molecule has 68 valence electrons. The number of nitrogens with two attached hydrogens (primary N) is 1. The van der Waals surface area contributed by atoms with Crippen molar-refractivity contribution in [2.24, 2.45) is 5.73 Å². The zero-order valence-corrected chi connectivity index (χ0v) is 7.19. The molecule has 0 spiro atoms. The summed E-state index contributed by atoms with van der Waals surface area (Å²) in [6, 6.07) is 8.87. The van der Waals surface area contributed by atoms with E-state index in [1.54, 1.807) is 24.3 Å². The zero-order valence-electron chi connectivity index (χ0n) is 7.19. The number of Topliss-reactive ketones (excluding diaryl/α,β-unsaturated/α-hetero) is 1. The van der Waals surface area contributed by atoms with Crippen LogP contribution in [0.3, 0.4) is 0 Å². The topological polar surface area (TPSA) is 60.2 Å². The third kappa shape index (κ3) is 3.07. The summed E-state index contributed by atoms with van der Waals surface area (Å²) < 4.78 is 0. The Balaban J connectivity index is 2.54. The van der Waals surface area contributed by atoms with Crippen LogP contribution < -0.4 is 5.73 Å². The number of hydrogen-bond acceptors (Lipinski definition) is 2. The van der Waals surface area contributed by atoms with Crippen LogP contribution in [0.5, 0.6) is 0 Å². The Morgan fingerprint density at radius 1 is 1.08 bits per heavy atom. The molecule has 1 aromatic carbocycles. The second kappa shape index (κ2) is 4.40. The molecule has 0 bridgehead atoms. The van der Waals surface area contributed by atoms with Gasteiger partial charge in [-0.05, 0) is 0 Å². The fourth-order valence-corrected chi connectivity index (χ4v) is 1.01. The molecule has 2 N–H and O–H groups in total. The summed E-state index contributed by atoms with van der Waals surface area (Å²) in [6.45, 7) is 0. The predicted octanol–water partition coefficient (Wildman–Crippen LogP) is 1.13. The summed E-state index contributed by atoms with van der Waals surface area (Å²) in [5.41, 5.74) is 5.56. The van der Waals surface area contributed by atoms with Gasteiger partial charge in [0.15, 0.2) is 5.78 Å². The highest BCUT2D eigenvalue weighted by atomic mass is 16.1. The number of rotatable bonds is 4. The van der Waals surface area contributed by atoms with Crippen molar-refractivity contribution in [3.8, 4) is 0 Å². The minimum Gasteiger partial charge on any atom is -0.370 e. The average molecular weight is 177 g/mol. The monoisotopic (exact) mass is 177 g/mol. The highest BCUT2D eigenvalue weighted by molar-refractivity contribution is 5.97. The Morgan fingerprint density at radius 2 is 1.69 bits per heavy atom. The van der Waals surface area contributed by atoms with Gasteiger partial charge in [-0.1, -0.05) is 30.3 Å². The van der Waals surface area contributed by atoms with Crippen molar-refractivity contribution in [1.82, 2.24) is 0 Å². The second-order valence-corrected chi connectivity index (χ2v) is 2.76. The van der Waals surface area contributed by atoms with Crippen LogP contribution in [0.1, 0.15) is 23.2 Å². The van der Waals surface area contributed by atoms with Gasteiger partial charge in [-0.2, -0.15) is 0 Å². The molecule has 0 atom stereocenters. The number of primary amides is 1. The van der Waals surface area contributed by atoms with Crippen LogP contribution in [0.25, 0.3) is 0 Å². The molecular weight excluding hydrogens is 166 g/mol. The first-order valence-corrected chi connectivity index (χ1v) is 4.06. The molecule has 0 unspecified atom stereocenters. The van der Waals surface area contributed by atoms with Gasteiger partial charge < -0.3 is 5.73 Å². The minimum absolute atomic E-state index is 0.0422. The van der Waals surface area contributed by atoms with E-state index in [0.717, 1.165) is 0 Å². The highest BCUT2D eigenvalue weighted by Crippen LogP contribution is 2.04. The fourth-order valence-electron chi connectivity index (χ4n) is 1.01. The number of benzene rings is 1. The van der Waals surface area contributed by atoms with Crippen LogP contribution >= 0.6 is 0 Å². The number of carbonyl (C=O) groups is 2. The standard InChI is InChI=1S/C10H11NO2/c11-10(13)7-6-9(12)8-4-2-1-3-5-8/h1-5H,6-7H2,(H2,11,13). The molecular formula is C10H11NO2. The molecule has 0 aliphatic carbocycles. The summed E-state index contributed by atoms with van der Waals surface area (Å²) in [4.78, 5) is 21.7. The Hall–Kier alpha value is -1.64. The lowest BCUT2D eigenvalue weighted by Gasteiger charge is -1.97.